The summed E-state index contributed by atoms with van der Waals surface area (Å²) in [6.45, 7) is 1.32. The Morgan fingerprint density at radius 3 is 2.42 bits per heavy atom. The molecule has 0 spiro atoms. The molecule has 3 heterocycles. The van der Waals surface area contributed by atoms with Crippen LogP contribution in [0.1, 0.15) is 39.3 Å². The number of nitrogens with zero attached hydrogens (tertiary/aromatic N) is 3. The Labute approximate surface area is 215 Å². The van der Waals surface area contributed by atoms with Crippen LogP contribution in [-0.2, 0) is 6.42 Å². The van der Waals surface area contributed by atoms with Crippen molar-refractivity contribution in [3.05, 3.63) is 100 Å². The minimum absolute atomic E-state index is 0.0227. The van der Waals surface area contributed by atoms with Gasteiger partial charge in [0.1, 0.15) is 5.69 Å². The highest BCUT2D eigenvalue weighted by Crippen LogP contribution is 2.28. The average molecular weight is 499 g/mol. The van der Waals surface area contributed by atoms with Crippen LogP contribution < -0.4 is 0 Å². The zero-order valence-corrected chi connectivity index (χ0v) is 21.2. The SMILES string of the molecule is CN(C(=O)c1ccsc1)[C@H](Cc1ccccc1)C1CCN(C(=O)c2cc(-c3ccccc3)n[nH]2)CC1. The van der Waals surface area contributed by atoms with Gasteiger partial charge in [0.05, 0.1) is 11.3 Å². The number of hydrogen-bond donors (Lipinski definition) is 1. The van der Waals surface area contributed by atoms with Gasteiger partial charge in [-0.15, -0.1) is 0 Å². The van der Waals surface area contributed by atoms with Gasteiger partial charge < -0.3 is 9.80 Å². The molecule has 2 amide bonds. The van der Waals surface area contributed by atoms with Gasteiger partial charge in [-0.3, -0.25) is 14.7 Å². The van der Waals surface area contributed by atoms with E-state index in [2.05, 4.69) is 22.3 Å². The molecule has 0 radical (unpaired) electrons. The molecular weight excluding hydrogens is 468 g/mol. The molecule has 0 saturated carbocycles. The second kappa shape index (κ2) is 10.9. The lowest BCUT2D eigenvalue weighted by atomic mass is 9.84. The number of aromatic nitrogens is 2. The number of likely N-dealkylation sites (N-methyl/N-ethyl adjacent to an activating group) is 1. The van der Waals surface area contributed by atoms with E-state index in [1.807, 2.05) is 88.3 Å². The number of carbonyl (C=O) groups excluding carboxylic acids is 2. The summed E-state index contributed by atoms with van der Waals surface area (Å²) in [5, 5.41) is 11.1. The van der Waals surface area contributed by atoms with E-state index in [1.54, 1.807) is 0 Å². The number of thiophene rings is 1. The molecule has 5 rings (SSSR count). The maximum atomic E-state index is 13.2. The highest BCUT2D eigenvalue weighted by Gasteiger charge is 2.33. The van der Waals surface area contributed by atoms with Crippen molar-refractivity contribution in [3.63, 3.8) is 0 Å². The van der Waals surface area contributed by atoms with E-state index in [-0.39, 0.29) is 17.9 Å². The van der Waals surface area contributed by atoms with E-state index < -0.39 is 0 Å². The topological polar surface area (TPSA) is 69.3 Å². The molecule has 2 aromatic heterocycles. The van der Waals surface area contributed by atoms with Crippen molar-refractivity contribution in [1.82, 2.24) is 20.0 Å². The highest BCUT2D eigenvalue weighted by molar-refractivity contribution is 7.08. The standard InChI is InChI=1S/C29H30N4O2S/c1-32(28(34)24-14-17-36-20-24)27(18-21-8-4-2-5-9-21)23-12-15-33(16-13-23)29(35)26-19-25(30-31-26)22-10-6-3-7-11-22/h2-11,14,17,19-20,23,27H,12-13,15-16,18H2,1H3,(H,30,31)/t27-/m1/s1. The monoisotopic (exact) mass is 498 g/mol. The highest BCUT2D eigenvalue weighted by atomic mass is 32.1. The summed E-state index contributed by atoms with van der Waals surface area (Å²) < 4.78 is 0. The minimum Gasteiger partial charge on any atom is -0.338 e. The van der Waals surface area contributed by atoms with Crippen LogP contribution in [-0.4, -0.2) is 58.0 Å². The average Bonchev–Trinajstić information content (AvgIpc) is 3.65. The molecule has 1 atom stereocenters. The van der Waals surface area contributed by atoms with Gasteiger partial charge in [0.15, 0.2) is 0 Å². The van der Waals surface area contributed by atoms with Crippen LogP contribution in [0.4, 0.5) is 0 Å². The van der Waals surface area contributed by atoms with Gasteiger partial charge in [-0.1, -0.05) is 60.7 Å². The summed E-state index contributed by atoms with van der Waals surface area (Å²) >= 11 is 1.54. The van der Waals surface area contributed by atoms with E-state index in [0.717, 1.165) is 36.1 Å². The van der Waals surface area contributed by atoms with Crippen molar-refractivity contribution in [1.29, 1.82) is 0 Å². The third-order valence-corrected chi connectivity index (χ3v) is 7.81. The summed E-state index contributed by atoms with van der Waals surface area (Å²) in [5.74, 6) is 0.343. The van der Waals surface area contributed by atoms with E-state index in [0.29, 0.717) is 24.7 Å². The number of H-pyrrole nitrogens is 1. The van der Waals surface area contributed by atoms with Crippen molar-refractivity contribution < 1.29 is 9.59 Å². The van der Waals surface area contributed by atoms with Gasteiger partial charge in [0.2, 0.25) is 0 Å². The minimum atomic E-state index is -0.0227. The number of rotatable bonds is 7. The Hall–Kier alpha value is -3.71. The number of hydrogen-bond acceptors (Lipinski definition) is 4. The quantitative estimate of drug-likeness (QED) is 0.372. The Kier molecular flexibility index (Phi) is 7.28. The first kappa shape index (κ1) is 24.0. The predicted molar refractivity (Wildman–Crippen MR) is 143 cm³/mol. The molecule has 0 unspecified atom stereocenters. The van der Waals surface area contributed by atoms with Crippen LogP contribution in [0.2, 0.25) is 0 Å². The number of piperidine rings is 1. The lowest BCUT2D eigenvalue weighted by Gasteiger charge is -2.40. The molecule has 36 heavy (non-hydrogen) atoms. The Morgan fingerprint density at radius 1 is 1.06 bits per heavy atom. The van der Waals surface area contributed by atoms with Crippen LogP contribution in [0.25, 0.3) is 11.3 Å². The molecule has 0 aliphatic carbocycles. The maximum Gasteiger partial charge on any atom is 0.271 e. The Morgan fingerprint density at radius 2 is 1.75 bits per heavy atom. The van der Waals surface area contributed by atoms with Gasteiger partial charge in [-0.05, 0) is 48.3 Å². The predicted octanol–water partition coefficient (Wildman–Crippen LogP) is 5.37. The Bertz CT molecular complexity index is 1280. The number of nitrogens with one attached hydrogen (secondary N) is 1. The van der Waals surface area contributed by atoms with Crippen molar-refractivity contribution >= 4 is 23.2 Å². The fourth-order valence-electron chi connectivity index (χ4n) is 5.06. The first-order chi connectivity index (χ1) is 17.6. The molecule has 2 aromatic carbocycles. The number of amides is 2. The van der Waals surface area contributed by atoms with Crippen LogP contribution in [0.3, 0.4) is 0 Å². The number of aromatic amines is 1. The van der Waals surface area contributed by atoms with Crippen molar-refractivity contribution in [3.8, 4) is 11.3 Å². The molecule has 1 aliphatic heterocycles. The van der Waals surface area contributed by atoms with Crippen LogP contribution >= 0.6 is 11.3 Å². The third-order valence-electron chi connectivity index (χ3n) is 7.12. The smallest absolute Gasteiger partial charge is 0.271 e. The third kappa shape index (κ3) is 5.26. The van der Waals surface area contributed by atoms with Gasteiger partial charge in [0.25, 0.3) is 11.8 Å². The fraction of sp³-hybridized carbons (Fsp3) is 0.276. The first-order valence-electron chi connectivity index (χ1n) is 12.3. The maximum absolute atomic E-state index is 13.2. The molecule has 0 bridgehead atoms. The normalized spacial score (nSPS) is 15.0. The van der Waals surface area contributed by atoms with E-state index >= 15 is 0 Å². The van der Waals surface area contributed by atoms with Crippen molar-refractivity contribution in [2.24, 2.45) is 5.92 Å². The van der Waals surface area contributed by atoms with Gasteiger partial charge in [-0.2, -0.15) is 16.4 Å². The van der Waals surface area contributed by atoms with E-state index in [1.165, 1.54) is 16.9 Å². The molecule has 1 saturated heterocycles. The summed E-state index contributed by atoms with van der Waals surface area (Å²) in [5.41, 5.74) is 4.22. The Balaban J connectivity index is 1.27. The van der Waals surface area contributed by atoms with Crippen molar-refractivity contribution in [2.45, 2.75) is 25.3 Å². The number of likely N-dealkylation sites (tertiary alicyclic amines) is 1. The largest absolute Gasteiger partial charge is 0.338 e. The molecule has 6 nitrogen and oxygen atoms in total. The second-order valence-corrected chi connectivity index (χ2v) is 10.1. The number of carbonyl (C=O) groups is 2. The summed E-state index contributed by atoms with van der Waals surface area (Å²) in [6.07, 6.45) is 2.50. The van der Waals surface area contributed by atoms with E-state index in [4.69, 9.17) is 0 Å². The van der Waals surface area contributed by atoms with Crippen molar-refractivity contribution in [2.75, 3.05) is 20.1 Å². The summed E-state index contributed by atoms with van der Waals surface area (Å²) in [4.78, 5) is 30.2. The molecule has 1 fully saturated rings. The zero-order chi connectivity index (χ0) is 24.9. The molecule has 1 N–H and O–H groups in total. The molecular formula is C29H30N4O2S. The van der Waals surface area contributed by atoms with Gasteiger partial charge in [0, 0.05) is 37.1 Å². The van der Waals surface area contributed by atoms with Gasteiger partial charge >= 0.3 is 0 Å². The van der Waals surface area contributed by atoms with Crippen LogP contribution in [0.15, 0.2) is 83.6 Å². The number of benzene rings is 2. The molecule has 7 heteroatoms. The zero-order valence-electron chi connectivity index (χ0n) is 20.3. The van der Waals surface area contributed by atoms with Crippen LogP contribution in [0.5, 0.6) is 0 Å². The van der Waals surface area contributed by atoms with Gasteiger partial charge in [-0.25, -0.2) is 0 Å². The lowest BCUT2D eigenvalue weighted by molar-refractivity contribution is 0.0520. The lowest BCUT2D eigenvalue weighted by Crippen LogP contribution is -2.48. The summed E-state index contributed by atoms with van der Waals surface area (Å²) in [6, 6.07) is 24.0. The second-order valence-electron chi connectivity index (χ2n) is 9.35. The molecule has 1 aliphatic rings. The van der Waals surface area contributed by atoms with Crippen LogP contribution in [0, 0.1) is 5.92 Å². The first-order valence-corrected chi connectivity index (χ1v) is 13.3. The summed E-state index contributed by atoms with van der Waals surface area (Å²) in [7, 11) is 1.92. The van der Waals surface area contributed by atoms with E-state index in [9.17, 15) is 9.59 Å². The fourth-order valence-corrected chi connectivity index (χ4v) is 5.69. The molecule has 4 aromatic rings. The molecule has 184 valence electrons.